The van der Waals surface area contributed by atoms with Gasteiger partial charge in [-0.25, -0.2) is 23.4 Å². The van der Waals surface area contributed by atoms with Crippen LogP contribution < -0.4 is 4.90 Å². The first-order valence-electron chi connectivity index (χ1n) is 10.7. The van der Waals surface area contributed by atoms with Crippen molar-refractivity contribution in [3.05, 3.63) is 60.1 Å². The Balaban J connectivity index is 1.64. The Morgan fingerprint density at radius 2 is 2.06 bits per heavy atom. The number of pyridine rings is 1. The summed E-state index contributed by atoms with van der Waals surface area (Å²) in [7, 11) is 0. The van der Waals surface area contributed by atoms with Crippen LogP contribution in [0.4, 0.5) is 14.6 Å². The number of hydrogen-bond acceptors (Lipinski definition) is 8. The summed E-state index contributed by atoms with van der Waals surface area (Å²) in [4.78, 5) is 14.9. The Morgan fingerprint density at radius 3 is 2.74 bits per heavy atom. The molecule has 0 spiro atoms. The van der Waals surface area contributed by atoms with Crippen LogP contribution in [0.2, 0.25) is 0 Å². The number of β-amino-alcohol motifs (C(OH)–C–C–N with tert-alkyl or cyclic N) is 1. The molecule has 0 bridgehead atoms. The number of aliphatic hydroxyl groups is 1. The van der Waals surface area contributed by atoms with Gasteiger partial charge in [-0.1, -0.05) is 6.07 Å². The number of aromatic nitrogens is 7. The van der Waals surface area contributed by atoms with Gasteiger partial charge in [0.25, 0.3) is 6.43 Å². The van der Waals surface area contributed by atoms with Gasteiger partial charge in [-0.05, 0) is 30.7 Å². The van der Waals surface area contributed by atoms with Crippen LogP contribution in [0.15, 0.2) is 43.1 Å². The van der Waals surface area contributed by atoms with Gasteiger partial charge in [0.05, 0.1) is 23.0 Å². The smallest absolute Gasteiger partial charge is 0.283 e. The Hall–Kier alpha value is -4.50. The quantitative estimate of drug-likeness (QED) is 0.423. The number of nitrogens with zero attached hydrogens (tertiary/aromatic N) is 9. The molecule has 10 nitrogen and oxygen atoms in total. The fourth-order valence-corrected chi connectivity index (χ4v) is 4.49. The molecule has 1 N–H and O–H groups in total. The lowest BCUT2D eigenvalue weighted by Gasteiger charge is -2.39. The molecule has 1 fully saturated rings. The predicted molar refractivity (Wildman–Crippen MR) is 121 cm³/mol. The maximum Gasteiger partial charge on any atom is 0.283 e. The first kappa shape index (κ1) is 21.1. The van der Waals surface area contributed by atoms with E-state index in [-0.39, 0.29) is 11.2 Å². The van der Waals surface area contributed by atoms with E-state index in [0.29, 0.717) is 35.7 Å². The van der Waals surface area contributed by atoms with E-state index in [4.69, 9.17) is 0 Å². The molecular weight excluding hydrogens is 456 g/mol. The largest absolute Gasteiger partial charge is 0.389 e. The van der Waals surface area contributed by atoms with E-state index in [0.717, 1.165) is 16.6 Å². The van der Waals surface area contributed by atoms with E-state index in [9.17, 15) is 19.1 Å². The second kappa shape index (κ2) is 7.78. The van der Waals surface area contributed by atoms with Gasteiger partial charge < -0.3 is 10.0 Å². The zero-order valence-electron chi connectivity index (χ0n) is 18.3. The number of benzene rings is 1. The van der Waals surface area contributed by atoms with Crippen molar-refractivity contribution in [3.8, 4) is 22.9 Å². The Kier molecular flexibility index (Phi) is 4.68. The maximum atomic E-state index is 13.7. The van der Waals surface area contributed by atoms with Gasteiger partial charge in [0.15, 0.2) is 5.65 Å². The van der Waals surface area contributed by atoms with Gasteiger partial charge in [0.1, 0.15) is 35.8 Å². The minimum absolute atomic E-state index is 0.0623. The molecular formula is C23H17F2N9O. The molecule has 1 aromatic carbocycles. The van der Waals surface area contributed by atoms with Gasteiger partial charge >= 0.3 is 0 Å². The third-order valence-corrected chi connectivity index (χ3v) is 6.11. The number of nitriles is 1. The third kappa shape index (κ3) is 3.20. The van der Waals surface area contributed by atoms with Crippen molar-refractivity contribution in [2.75, 3.05) is 18.0 Å². The highest BCUT2D eigenvalue weighted by atomic mass is 19.3. The van der Waals surface area contributed by atoms with E-state index < -0.39 is 18.2 Å². The first-order chi connectivity index (χ1) is 17.0. The van der Waals surface area contributed by atoms with Crippen molar-refractivity contribution in [3.63, 3.8) is 0 Å². The average Bonchev–Trinajstić information content (AvgIpc) is 3.49. The lowest BCUT2D eigenvalue weighted by molar-refractivity contribution is 0.140. The van der Waals surface area contributed by atoms with E-state index in [1.807, 2.05) is 35.2 Å². The molecule has 0 atom stereocenters. The molecule has 5 aromatic rings. The molecule has 0 amide bonds. The SMILES string of the molecule is Cc1nc2c(C#N)c(C(F)F)nn2c(N2CC(O)C2)c1-c1ccnc2cc(-n3cncn3)ccc12. The molecule has 6 rings (SSSR count). The van der Waals surface area contributed by atoms with Crippen LogP contribution in [0.25, 0.3) is 33.4 Å². The molecule has 0 aliphatic carbocycles. The molecule has 0 radical (unpaired) electrons. The van der Waals surface area contributed by atoms with Crippen LogP contribution >= 0.6 is 0 Å². The fourth-order valence-electron chi connectivity index (χ4n) is 4.49. The lowest BCUT2D eigenvalue weighted by atomic mass is 9.98. The third-order valence-electron chi connectivity index (χ3n) is 6.11. The second-order valence-corrected chi connectivity index (χ2v) is 8.26. The van der Waals surface area contributed by atoms with Crippen molar-refractivity contribution < 1.29 is 13.9 Å². The normalized spacial score (nSPS) is 14.1. The number of halogens is 2. The van der Waals surface area contributed by atoms with E-state index in [1.54, 1.807) is 24.1 Å². The van der Waals surface area contributed by atoms with Crippen LogP contribution in [0.3, 0.4) is 0 Å². The molecule has 1 aliphatic heterocycles. The Labute approximate surface area is 196 Å². The average molecular weight is 473 g/mol. The first-order valence-corrected chi connectivity index (χ1v) is 10.7. The monoisotopic (exact) mass is 473 g/mol. The topological polar surface area (TPSA) is 121 Å². The molecule has 4 aromatic heterocycles. The van der Waals surface area contributed by atoms with Crippen LogP contribution in [0, 0.1) is 18.3 Å². The van der Waals surface area contributed by atoms with Crippen molar-refractivity contribution >= 4 is 22.4 Å². The van der Waals surface area contributed by atoms with Crippen molar-refractivity contribution in [1.29, 1.82) is 5.26 Å². The summed E-state index contributed by atoms with van der Waals surface area (Å²) in [5.41, 5.74) is 2.64. The molecule has 12 heteroatoms. The number of anilines is 1. The number of aliphatic hydroxyl groups excluding tert-OH is 1. The minimum atomic E-state index is -2.93. The Morgan fingerprint density at radius 1 is 1.23 bits per heavy atom. The molecule has 174 valence electrons. The van der Waals surface area contributed by atoms with Crippen LogP contribution in [0.1, 0.15) is 23.4 Å². The molecule has 5 heterocycles. The molecule has 0 unspecified atom stereocenters. The summed E-state index contributed by atoms with van der Waals surface area (Å²) in [6.07, 6.45) is 1.22. The second-order valence-electron chi connectivity index (χ2n) is 8.26. The van der Waals surface area contributed by atoms with Crippen LogP contribution in [-0.4, -0.2) is 58.6 Å². The van der Waals surface area contributed by atoms with E-state index >= 15 is 0 Å². The highest BCUT2D eigenvalue weighted by Gasteiger charge is 2.33. The van der Waals surface area contributed by atoms with Crippen LogP contribution in [0.5, 0.6) is 0 Å². The summed E-state index contributed by atoms with van der Waals surface area (Å²) in [5.74, 6) is 0.494. The molecule has 1 aliphatic rings. The van der Waals surface area contributed by atoms with Gasteiger partial charge in [0, 0.05) is 30.2 Å². The summed E-state index contributed by atoms with van der Waals surface area (Å²) < 4.78 is 30.3. The number of aryl methyl sites for hydroxylation is 1. The molecule has 0 saturated carbocycles. The number of rotatable bonds is 4. The van der Waals surface area contributed by atoms with Gasteiger partial charge in [-0.3, -0.25) is 4.98 Å². The Bertz CT molecular complexity index is 1630. The van der Waals surface area contributed by atoms with Gasteiger partial charge in [-0.2, -0.15) is 20.0 Å². The summed E-state index contributed by atoms with van der Waals surface area (Å²) >= 11 is 0. The minimum Gasteiger partial charge on any atom is -0.389 e. The predicted octanol–water partition coefficient (Wildman–Crippen LogP) is 2.82. The van der Waals surface area contributed by atoms with Crippen molar-refractivity contribution in [2.24, 2.45) is 0 Å². The van der Waals surface area contributed by atoms with Gasteiger partial charge in [-0.15, -0.1) is 0 Å². The van der Waals surface area contributed by atoms with Gasteiger partial charge in [0.2, 0.25) is 0 Å². The van der Waals surface area contributed by atoms with E-state index in [1.165, 1.54) is 10.8 Å². The summed E-state index contributed by atoms with van der Waals surface area (Å²) in [6, 6.07) is 9.32. The van der Waals surface area contributed by atoms with Crippen molar-refractivity contribution in [1.82, 2.24) is 34.3 Å². The zero-order chi connectivity index (χ0) is 24.3. The lowest BCUT2D eigenvalue weighted by Crippen LogP contribution is -2.51. The summed E-state index contributed by atoms with van der Waals surface area (Å²) in [5, 5.41) is 28.6. The zero-order valence-corrected chi connectivity index (χ0v) is 18.3. The summed E-state index contributed by atoms with van der Waals surface area (Å²) in [6.45, 7) is 2.37. The number of hydrogen-bond donors (Lipinski definition) is 1. The molecule has 35 heavy (non-hydrogen) atoms. The standard InChI is InChI=1S/C23H17F2N9O/c1-12-19(16-4-5-28-18-6-13(2-3-15(16)18)33-11-27-10-29-33)23(32-8-14(35)9-32)34-22(30-12)17(7-26)20(31-34)21(24)25/h2-6,10-11,14,21,35H,8-9H2,1H3. The maximum absolute atomic E-state index is 13.7. The molecule has 1 saturated heterocycles. The van der Waals surface area contributed by atoms with Crippen molar-refractivity contribution in [2.45, 2.75) is 19.5 Å². The highest BCUT2D eigenvalue weighted by molar-refractivity contribution is 5.99. The van der Waals surface area contributed by atoms with E-state index in [2.05, 4.69) is 25.1 Å². The fraction of sp³-hybridized carbons (Fsp3) is 0.217. The highest BCUT2D eigenvalue weighted by Crippen LogP contribution is 2.40. The number of alkyl halides is 2. The number of fused-ring (bicyclic) bond motifs is 2. The van der Waals surface area contributed by atoms with Crippen LogP contribution in [-0.2, 0) is 0 Å².